The third-order valence-electron chi connectivity index (χ3n) is 10.6. The van der Waals surface area contributed by atoms with Crippen molar-refractivity contribution < 1.29 is 9.15 Å². The Morgan fingerprint density at radius 3 is 2.06 bits per heavy atom. The van der Waals surface area contributed by atoms with Crippen molar-refractivity contribution in [2.75, 3.05) is 0 Å². The van der Waals surface area contributed by atoms with Gasteiger partial charge >= 0.3 is 0 Å². The maximum Gasteiger partial charge on any atom is 0.168 e. The maximum atomic E-state index is 6.72. The molecule has 0 saturated carbocycles. The molecule has 0 radical (unpaired) electrons. The number of nitrogens with zero attached hydrogens (tertiary/aromatic N) is 2. The number of fused-ring (bicyclic) bond motifs is 9. The van der Waals surface area contributed by atoms with Crippen molar-refractivity contribution >= 4 is 55.0 Å². The van der Waals surface area contributed by atoms with Crippen LogP contribution in [0.4, 0.5) is 0 Å². The van der Waals surface area contributed by atoms with Crippen molar-refractivity contribution in [1.82, 2.24) is 0 Å². The number of benzene rings is 8. The molecule has 3 heterocycles. The summed E-state index contributed by atoms with van der Waals surface area (Å²) in [5.74, 6) is 1.57. The van der Waals surface area contributed by atoms with E-state index in [1.54, 1.807) is 0 Å². The van der Waals surface area contributed by atoms with Crippen molar-refractivity contribution in [3.8, 4) is 28.0 Å². The van der Waals surface area contributed by atoms with Gasteiger partial charge in [-0.3, -0.25) is 4.99 Å². The fraction of sp³-hybridized carbons (Fsp3) is 0.0417. The van der Waals surface area contributed by atoms with Gasteiger partial charge in [-0.15, -0.1) is 0 Å². The number of amidine groups is 1. The summed E-state index contributed by atoms with van der Waals surface area (Å²) in [6, 6.07) is 59.4. The Bertz CT molecular complexity index is 2930. The van der Waals surface area contributed by atoms with Crippen LogP contribution in [0, 0.1) is 0 Å². The van der Waals surface area contributed by atoms with Gasteiger partial charge in [0.15, 0.2) is 11.9 Å². The average molecular weight is 667 g/mol. The third-order valence-corrected chi connectivity index (χ3v) is 10.6. The number of hydrogen-bond donors (Lipinski definition) is 0. The zero-order chi connectivity index (χ0) is 34.2. The summed E-state index contributed by atoms with van der Waals surface area (Å²) in [5.41, 5.74) is 10.4. The predicted octanol–water partition coefficient (Wildman–Crippen LogP) is 12.0. The van der Waals surface area contributed by atoms with Gasteiger partial charge in [0.05, 0.1) is 5.71 Å². The summed E-state index contributed by atoms with van der Waals surface area (Å²) in [5, 5.41) is 6.71. The molecule has 2 atom stereocenters. The van der Waals surface area contributed by atoms with Gasteiger partial charge in [-0.1, -0.05) is 146 Å². The van der Waals surface area contributed by atoms with E-state index in [1.807, 2.05) is 30.3 Å². The van der Waals surface area contributed by atoms with Gasteiger partial charge in [-0.25, -0.2) is 4.99 Å². The molecule has 2 aliphatic heterocycles. The largest absolute Gasteiger partial charge is 0.481 e. The quantitative estimate of drug-likeness (QED) is 0.188. The molecule has 2 aliphatic rings. The van der Waals surface area contributed by atoms with Crippen LogP contribution in [0.2, 0.25) is 0 Å². The Morgan fingerprint density at radius 2 is 1.17 bits per heavy atom. The Morgan fingerprint density at radius 1 is 0.462 bits per heavy atom. The first-order valence-corrected chi connectivity index (χ1v) is 17.7. The number of para-hydroxylation sites is 1. The fourth-order valence-corrected chi connectivity index (χ4v) is 8.13. The van der Waals surface area contributed by atoms with Gasteiger partial charge in [0, 0.05) is 27.3 Å². The first-order chi connectivity index (χ1) is 25.8. The highest BCUT2D eigenvalue weighted by molar-refractivity contribution is 6.25. The minimum atomic E-state index is -0.284. The third kappa shape index (κ3) is 4.47. The Balaban J connectivity index is 1.04. The van der Waals surface area contributed by atoms with Crippen LogP contribution in [0.25, 0.3) is 65.7 Å². The molecular formula is C48H30N2O2. The van der Waals surface area contributed by atoms with E-state index in [4.69, 9.17) is 19.1 Å². The zero-order valence-corrected chi connectivity index (χ0v) is 28.0. The molecule has 0 N–H and O–H groups in total. The van der Waals surface area contributed by atoms with E-state index in [0.717, 1.165) is 72.0 Å². The van der Waals surface area contributed by atoms with Gasteiger partial charge in [-0.05, 0) is 68.2 Å². The van der Waals surface area contributed by atoms with Crippen molar-refractivity contribution in [3.63, 3.8) is 0 Å². The Hall–Kier alpha value is -6.78. The normalized spacial score (nSPS) is 16.5. The number of hydrogen-bond acceptors (Lipinski definition) is 4. The second-order valence-electron chi connectivity index (χ2n) is 13.6. The van der Waals surface area contributed by atoms with E-state index in [1.165, 1.54) is 21.9 Å². The minimum Gasteiger partial charge on any atom is -0.481 e. The lowest BCUT2D eigenvalue weighted by Crippen LogP contribution is -2.33. The number of aliphatic imine (C=N–C) groups is 2. The number of rotatable bonds is 4. The molecule has 0 bridgehead atoms. The second-order valence-corrected chi connectivity index (χ2v) is 13.6. The summed E-state index contributed by atoms with van der Waals surface area (Å²) < 4.78 is 13.2. The lowest BCUT2D eigenvalue weighted by atomic mass is 9.93. The molecule has 0 amide bonds. The van der Waals surface area contributed by atoms with Crippen LogP contribution in [0.1, 0.15) is 22.7 Å². The second kappa shape index (κ2) is 11.4. The topological polar surface area (TPSA) is 47.1 Å². The Labute approximate surface area is 300 Å². The van der Waals surface area contributed by atoms with Crippen molar-refractivity contribution in [1.29, 1.82) is 0 Å². The molecule has 52 heavy (non-hydrogen) atoms. The smallest absolute Gasteiger partial charge is 0.168 e. The molecule has 0 aliphatic carbocycles. The van der Waals surface area contributed by atoms with Crippen LogP contribution in [0.15, 0.2) is 184 Å². The van der Waals surface area contributed by atoms with Crippen LogP contribution in [-0.2, 0) is 0 Å². The molecular weight excluding hydrogens is 637 g/mol. The number of furan rings is 1. The van der Waals surface area contributed by atoms with Crippen LogP contribution in [0.3, 0.4) is 0 Å². The molecule has 0 spiro atoms. The number of ether oxygens (including phenoxy) is 1. The monoisotopic (exact) mass is 666 g/mol. The summed E-state index contributed by atoms with van der Waals surface area (Å²) in [4.78, 5) is 10.6. The molecule has 4 nitrogen and oxygen atoms in total. The molecule has 1 aromatic heterocycles. The Kier molecular flexibility index (Phi) is 6.34. The fourth-order valence-electron chi connectivity index (χ4n) is 8.13. The molecule has 244 valence electrons. The highest BCUT2D eigenvalue weighted by Gasteiger charge is 2.41. The molecule has 0 fully saturated rings. The van der Waals surface area contributed by atoms with Gasteiger partial charge in [0.25, 0.3) is 0 Å². The predicted molar refractivity (Wildman–Crippen MR) is 213 cm³/mol. The summed E-state index contributed by atoms with van der Waals surface area (Å²) in [6.45, 7) is 0. The summed E-state index contributed by atoms with van der Waals surface area (Å²) in [6.07, 6.45) is -0.284. The van der Waals surface area contributed by atoms with E-state index in [-0.39, 0.29) is 12.1 Å². The van der Waals surface area contributed by atoms with Gasteiger partial charge in [0.1, 0.15) is 23.0 Å². The van der Waals surface area contributed by atoms with E-state index < -0.39 is 0 Å². The van der Waals surface area contributed by atoms with Crippen LogP contribution in [0.5, 0.6) is 5.75 Å². The highest BCUT2D eigenvalue weighted by atomic mass is 16.5. The van der Waals surface area contributed by atoms with Crippen molar-refractivity contribution in [2.45, 2.75) is 12.1 Å². The highest BCUT2D eigenvalue weighted by Crippen LogP contribution is 2.44. The van der Waals surface area contributed by atoms with E-state index in [0.29, 0.717) is 5.84 Å². The summed E-state index contributed by atoms with van der Waals surface area (Å²) >= 11 is 0. The molecule has 4 heteroatoms. The van der Waals surface area contributed by atoms with Gasteiger partial charge in [-0.2, -0.15) is 0 Å². The van der Waals surface area contributed by atoms with Crippen LogP contribution in [-0.4, -0.2) is 17.7 Å². The average Bonchev–Trinajstić information content (AvgIpc) is 3.78. The zero-order valence-electron chi connectivity index (χ0n) is 28.0. The maximum absolute atomic E-state index is 6.72. The lowest BCUT2D eigenvalue weighted by Gasteiger charge is -2.24. The SMILES string of the molecule is c1ccc(C2=NC(c3cc4c5ccc(-c6ccc(-c7cccc8ccccc78)cc6)cc5oc4c4ccccc34)=NC3c4ccccc4OC23)cc1. The van der Waals surface area contributed by atoms with Gasteiger partial charge in [0.2, 0.25) is 0 Å². The van der Waals surface area contributed by atoms with E-state index >= 15 is 0 Å². The van der Waals surface area contributed by atoms with E-state index in [2.05, 4.69) is 140 Å². The molecule has 0 saturated heterocycles. The lowest BCUT2D eigenvalue weighted by molar-refractivity contribution is 0.275. The first kappa shape index (κ1) is 29.0. The minimum absolute atomic E-state index is 0.191. The van der Waals surface area contributed by atoms with Crippen LogP contribution >= 0.6 is 0 Å². The molecule has 2 unspecified atom stereocenters. The summed E-state index contributed by atoms with van der Waals surface area (Å²) in [7, 11) is 0. The molecule has 8 aromatic carbocycles. The molecule has 11 rings (SSSR count). The van der Waals surface area contributed by atoms with Crippen LogP contribution < -0.4 is 4.74 Å². The standard InChI is InChI=1S/C48H30N2O2/c1-2-12-32(13-3-1)44-47-45(39-18-8-9-20-42(39)51-47)50-48(49-44)41-28-40-37-26-25-33(27-43(37)52-46(40)38-17-7-6-16-36(38)41)29-21-23-31(24-22-29)35-19-10-14-30-11-4-5-15-34(30)35/h1-28,45,47H. The molecule has 9 aromatic rings. The van der Waals surface area contributed by atoms with Crippen molar-refractivity contribution in [3.05, 3.63) is 187 Å². The van der Waals surface area contributed by atoms with Gasteiger partial charge < -0.3 is 9.15 Å². The first-order valence-electron chi connectivity index (χ1n) is 17.7. The van der Waals surface area contributed by atoms with Crippen molar-refractivity contribution in [2.24, 2.45) is 9.98 Å². The van der Waals surface area contributed by atoms with E-state index in [9.17, 15) is 0 Å².